The molecule has 114 valence electrons. The highest BCUT2D eigenvalue weighted by Gasteiger charge is 2.22. The molecule has 0 saturated carbocycles. The lowest BCUT2D eigenvalue weighted by atomic mass is 10.1. The van der Waals surface area contributed by atoms with Gasteiger partial charge >= 0.3 is 0 Å². The first-order valence-electron chi connectivity index (χ1n) is 6.43. The van der Waals surface area contributed by atoms with E-state index in [1.807, 2.05) is 24.3 Å². The fraction of sp³-hybridized carbons (Fsp3) is 0.286. The number of nitrogens with one attached hydrogen (secondary N) is 1. The molecule has 0 spiro atoms. The molecule has 0 bridgehead atoms. The lowest BCUT2D eigenvalue weighted by Crippen LogP contribution is -2.23. The van der Waals surface area contributed by atoms with E-state index in [1.54, 1.807) is 0 Å². The third kappa shape index (κ3) is 3.94. The Morgan fingerprint density at radius 2 is 1.86 bits per heavy atom. The zero-order valence-corrected chi connectivity index (χ0v) is 13.9. The van der Waals surface area contributed by atoms with Gasteiger partial charge in [-0.2, -0.15) is 0 Å². The van der Waals surface area contributed by atoms with Crippen LogP contribution in [0.4, 0.5) is 0 Å². The number of aliphatic hydroxyl groups excluding tert-OH is 1. The summed E-state index contributed by atoms with van der Waals surface area (Å²) >= 11 is 3.04. The minimum absolute atomic E-state index is 0.0169. The first-order valence-corrected chi connectivity index (χ1v) is 8.70. The number of aliphatic hydroxyl groups is 1. The van der Waals surface area contributed by atoms with Crippen LogP contribution >= 0.6 is 15.9 Å². The third-order valence-corrected chi connectivity index (χ3v) is 5.31. The standard InChI is InChI=1S/C14H16BrNO4S/c1-2-10-3-5-11(6-4-10)8-16-21(18,19)13-7-12(9-17)20-14(13)15/h3-7,16-17H,2,8-9H2,1H3. The van der Waals surface area contributed by atoms with Crippen LogP contribution in [0.15, 0.2) is 44.3 Å². The molecule has 0 fully saturated rings. The van der Waals surface area contributed by atoms with Gasteiger partial charge < -0.3 is 9.52 Å². The number of furan rings is 1. The van der Waals surface area contributed by atoms with E-state index in [9.17, 15) is 8.42 Å². The van der Waals surface area contributed by atoms with Crippen molar-refractivity contribution in [1.82, 2.24) is 4.72 Å². The van der Waals surface area contributed by atoms with Crippen molar-refractivity contribution in [2.24, 2.45) is 0 Å². The van der Waals surface area contributed by atoms with E-state index in [2.05, 4.69) is 27.6 Å². The van der Waals surface area contributed by atoms with Crippen molar-refractivity contribution in [3.05, 3.63) is 51.9 Å². The second kappa shape index (κ2) is 6.74. The van der Waals surface area contributed by atoms with Gasteiger partial charge in [0.2, 0.25) is 10.0 Å². The molecule has 0 radical (unpaired) electrons. The Bertz CT molecular complexity index is 707. The maximum absolute atomic E-state index is 12.2. The minimum Gasteiger partial charge on any atom is -0.450 e. The molecule has 1 aromatic heterocycles. The van der Waals surface area contributed by atoms with Crippen LogP contribution < -0.4 is 4.72 Å². The number of sulfonamides is 1. The maximum atomic E-state index is 12.2. The van der Waals surface area contributed by atoms with E-state index in [4.69, 9.17) is 9.52 Å². The monoisotopic (exact) mass is 373 g/mol. The van der Waals surface area contributed by atoms with Gasteiger partial charge in [-0.3, -0.25) is 0 Å². The van der Waals surface area contributed by atoms with Gasteiger partial charge in [-0.15, -0.1) is 0 Å². The Balaban J connectivity index is 2.11. The van der Waals surface area contributed by atoms with Crippen molar-refractivity contribution in [3.63, 3.8) is 0 Å². The summed E-state index contributed by atoms with van der Waals surface area (Å²) in [6.45, 7) is 1.90. The SMILES string of the molecule is CCc1ccc(CNS(=O)(=O)c2cc(CO)oc2Br)cc1. The van der Waals surface area contributed by atoms with Gasteiger partial charge in [0, 0.05) is 12.6 Å². The molecule has 2 aromatic rings. The summed E-state index contributed by atoms with van der Waals surface area (Å²) in [7, 11) is -3.70. The molecule has 2 rings (SSSR count). The molecule has 1 heterocycles. The lowest BCUT2D eigenvalue weighted by molar-refractivity contribution is 0.245. The van der Waals surface area contributed by atoms with Gasteiger partial charge in [-0.1, -0.05) is 31.2 Å². The first kappa shape index (κ1) is 16.2. The summed E-state index contributed by atoms with van der Waals surface area (Å²) in [4.78, 5) is -0.0169. The molecule has 0 aliphatic heterocycles. The minimum atomic E-state index is -3.70. The number of halogens is 1. The third-order valence-electron chi connectivity index (χ3n) is 3.05. The summed E-state index contributed by atoms with van der Waals surface area (Å²) < 4.78 is 32.1. The Hall–Kier alpha value is -1.15. The predicted molar refractivity (Wildman–Crippen MR) is 82.2 cm³/mol. The average molecular weight is 374 g/mol. The van der Waals surface area contributed by atoms with E-state index in [0.29, 0.717) is 0 Å². The molecule has 0 saturated heterocycles. The quantitative estimate of drug-likeness (QED) is 0.815. The van der Waals surface area contributed by atoms with E-state index in [1.165, 1.54) is 11.6 Å². The van der Waals surface area contributed by atoms with Crippen molar-refractivity contribution in [3.8, 4) is 0 Å². The normalized spacial score (nSPS) is 11.8. The topological polar surface area (TPSA) is 79.5 Å². The average Bonchev–Trinajstić information content (AvgIpc) is 2.88. The molecule has 0 amide bonds. The number of hydrogen-bond donors (Lipinski definition) is 2. The van der Waals surface area contributed by atoms with Crippen LogP contribution in [0.2, 0.25) is 0 Å². The summed E-state index contributed by atoms with van der Waals surface area (Å²) in [5, 5.41) is 8.97. The van der Waals surface area contributed by atoms with E-state index in [-0.39, 0.29) is 28.5 Å². The van der Waals surface area contributed by atoms with Gasteiger partial charge in [0.05, 0.1) is 0 Å². The van der Waals surface area contributed by atoms with Crippen LogP contribution in [0.25, 0.3) is 0 Å². The molecule has 7 heteroatoms. The summed E-state index contributed by atoms with van der Waals surface area (Å²) in [6, 6.07) is 9.03. The maximum Gasteiger partial charge on any atom is 0.245 e. The number of aryl methyl sites for hydroxylation is 1. The molecule has 0 aliphatic carbocycles. The van der Waals surface area contributed by atoms with Crippen LogP contribution in [-0.4, -0.2) is 13.5 Å². The Labute approximate surface area is 132 Å². The number of rotatable bonds is 6. The summed E-state index contributed by atoms with van der Waals surface area (Å²) in [6.07, 6.45) is 0.942. The van der Waals surface area contributed by atoms with E-state index < -0.39 is 10.0 Å². The Morgan fingerprint density at radius 1 is 1.24 bits per heavy atom. The number of benzene rings is 1. The predicted octanol–water partition coefficient (Wildman–Crippen LogP) is 2.58. The highest BCUT2D eigenvalue weighted by atomic mass is 79.9. The Morgan fingerprint density at radius 3 is 2.38 bits per heavy atom. The van der Waals surface area contributed by atoms with Crippen molar-refractivity contribution >= 4 is 26.0 Å². The second-order valence-electron chi connectivity index (χ2n) is 4.50. The van der Waals surface area contributed by atoms with Gasteiger partial charge in [0.1, 0.15) is 17.3 Å². The number of hydrogen-bond acceptors (Lipinski definition) is 4. The zero-order chi connectivity index (χ0) is 15.5. The van der Waals surface area contributed by atoms with Crippen LogP contribution in [0, 0.1) is 0 Å². The van der Waals surface area contributed by atoms with Crippen molar-refractivity contribution in [2.75, 3.05) is 0 Å². The van der Waals surface area contributed by atoms with Gasteiger partial charge in [0.25, 0.3) is 0 Å². The fourth-order valence-electron chi connectivity index (χ4n) is 1.81. The van der Waals surface area contributed by atoms with E-state index >= 15 is 0 Å². The summed E-state index contributed by atoms with van der Waals surface area (Å²) in [5.74, 6) is 0.189. The van der Waals surface area contributed by atoms with Gasteiger partial charge in [-0.05, 0) is 33.5 Å². The fourth-order valence-corrected chi connectivity index (χ4v) is 3.82. The van der Waals surface area contributed by atoms with Crippen LogP contribution in [0.1, 0.15) is 23.8 Å². The molecule has 2 N–H and O–H groups in total. The second-order valence-corrected chi connectivity index (χ2v) is 6.96. The Kier molecular flexibility index (Phi) is 5.21. The van der Waals surface area contributed by atoms with Crippen LogP contribution in [-0.2, 0) is 29.6 Å². The molecule has 0 aliphatic rings. The molecular weight excluding hydrogens is 358 g/mol. The van der Waals surface area contributed by atoms with Crippen LogP contribution in [0.5, 0.6) is 0 Å². The van der Waals surface area contributed by atoms with Crippen molar-refractivity contribution in [1.29, 1.82) is 0 Å². The highest BCUT2D eigenvalue weighted by molar-refractivity contribution is 9.10. The molecule has 1 aromatic carbocycles. The molecule has 0 atom stereocenters. The molecule has 0 unspecified atom stereocenters. The van der Waals surface area contributed by atoms with Crippen LogP contribution in [0.3, 0.4) is 0 Å². The zero-order valence-electron chi connectivity index (χ0n) is 11.5. The molecule has 21 heavy (non-hydrogen) atoms. The van der Waals surface area contributed by atoms with Gasteiger partial charge in [0.15, 0.2) is 4.67 Å². The lowest BCUT2D eigenvalue weighted by Gasteiger charge is -2.06. The van der Waals surface area contributed by atoms with Gasteiger partial charge in [-0.25, -0.2) is 13.1 Å². The molecule has 5 nitrogen and oxygen atoms in total. The summed E-state index contributed by atoms with van der Waals surface area (Å²) in [5.41, 5.74) is 2.07. The van der Waals surface area contributed by atoms with Crippen molar-refractivity contribution < 1.29 is 17.9 Å². The highest BCUT2D eigenvalue weighted by Crippen LogP contribution is 2.26. The first-order chi connectivity index (χ1) is 9.96. The molecular formula is C14H16BrNO4S. The van der Waals surface area contributed by atoms with E-state index in [0.717, 1.165) is 12.0 Å². The largest absolute Gasteiger partial charge is 0.450 e. The van der Waals surface area contributed by atoms with Crippen molar-refractivity contribution in [2.45, 2.75) is 31.4 Å². The smallest absolute Gasteiger partial charge is 0.245 e.